The summed E-state index contributed by atoms with van der Waals surface area (Å²) in [5.74, 6) is -0.152. The molecule has 0 bridgehead atoms. The number of nitrogens with two attached hydrogens (primary N) is 1. The van der Waals surface area contributed by atoms with Gasteiger partial charge in [0.1, 0.15) is 22.5 Å². The first-order valence-electron chi connectivity index (χ1n) is 5.22. The van der Waals surface area contributed by atoms with E-state index in [2.05, 4.69) is 5.10 Å². The molecule has 1 aromatic carbocycles. The number of nitrogens with zero attached hydrogens (tertiary/aromatic N) is 3. The molecular weight excluding hydrogens is 374 g/mol. The van der Waals surface area contributed by atoms with E-state index in [1.54, 1.807) is 6.07 Å². The number of aromatic nitrogens is 2. The van der Waals surface area contributed by atoms with E-state index in [0.29, 0.717) is 0 Å². The van der Waals surface area contributed by atoms with Gasteiger partial charge in [-0.25, -0.2) is 4.68 Å². The van der Waals surface area contributed by atoms with Gasteiger partial charge in [0, 0.05) is 6.07 Å². The SMILES string of the molecule is N#Cc1cc(N)n(-c2c(Cl)cc(S(F)(F)(F)(F)F)cc2Cl)n1. The molecule has 0 saturated carbocycles. The Kier molecular flexibility index (Phi) is 3.17. The fraction of sp³-hybridized carbons (Fsp3) is 0. The van der Waals surface area contributed by atoms with E-state index < -0.39 is 25.2 Å². The lowest BCUT2D eigenvalue weighted by atomic mass is 10.3. The van der Waals surface area contributed by atoms with Crippen molar-refractivity contribution < 1.29 is 19.4 Å². The Hall–Kier alpha value is -1.70. The van der Waals surface area contributed by atoms with Gasteiger partial charge in [0.05, 0.1) is 10.0 Å². The summed E-state index contributed by atoms with van der Waals surface area (Å²) in [7, 11) is -9.93. The molecule has 1 aromatic heterocycles. The van der Waals surface area contributed by atoms with Crippen LogP contribution in [0.3, 0.4) is 0 Å². The Morgan fingerprint density at radius 2 is 1.59 bits per heavy atom. The van der Waals surface area contributed by atoms with E-state index in [1.807, 2.05) is 0 Å². The standard InChI is InChI=1S/C10H5Cl2F5N4S/c11-7-2-6(22(13,14,15,16)17)3-8(12)10(7)21-9(19)1-5(4-18)20-21/h1-3H,19H2. The van der Waals surface area contributed by atoms with Gasteiger partial charge in [-0.15, -0.1) is 0 Å². The molecule has 0 aliphatic heterocycles. The van der Waals surface area contributed by atoms with E-state index in [1.165, 1.54) is 0 Å². The van der Waals surface area contributed by atoms with Crippen molar-refractivity contribution in [3.63, 3.8) is 0 Å². The first-order valence-corrected chi connectivity index (χ1v) is 7.93. The van der Waals surface area contributed by atoms with Crippen LogP contribution in [0.15, 0.2) is 23.1 Å². The third kappa shape index (κ3) is 3.06. The van der Waals surface area contributed by atoms with Crippen molar-refractivity contribution in [1.82, 2.24) is 9.78 Å². The van der Waals surface area contributed by atoms with Gasteiger partial charge in [0.25, 0.3) is 0 Å². The number of nitriles is 1. The fourth-order valence-electron chi connectivity index (χ4n) is 1.60. The second-order valence-corrected chi connectivity index (χ2v) is 7.41. The maximum absolute atomic E-state index is 12.8. The summed E-state index contributed by atoms with van der Waals surface area (Å²) in [6, 6.07) is 2.85. The molecule has 0 fully saturated rings. The Bertz CT molecular complexity index is 802. The molecule has 22 heavy (non-hydrogen) atoms. The summed E-state index contributed by atoms with van der Waals surface area (Å²) < 4.78 is 64.7. The Balaban J connectivity index is 2.73. The normalized spacial score (nSPS) is 15.0. The van der Waals surface area contributed by atoms with Crippen molar-refractivity contribution in [1.29, 1.82) is 5.26 Å². The van der Waals surface area contributed by atoms with Gasteiger partial charge in [-0.2, -0.15) is 10.4 Å². The first kappa shape index (κ1) is 16.7. The van der Waals surface area contributed by atoms with Crippen LogP contribution in [0.2, 0.25) is 10.0 Å². The number of nitrogen functional groups attached to an aromatic ring is 1. The molecule has 0 aliphatic rings. The van der Waals surface area contributed by atoms with Gasteiger partial charge in [-0.05, 0) is 12.1 Å². The Morgan fingerprint density at radius 3 is 1.95 bits per heavy atom. The highest BCUT2D eigenvalue weighted by atomic mass is 35.5. The molecule has 0 radical (unpaired) electrons. The molecule has 120 valence electrons. The van der Waals surface area contributed by atoms with Crippen LogP contribution >= 0.6 is 33.4 Å². The number of hydrogen-bond acceptors (Lipinski definition) is 3. The monoisotopic (exact) mass is 378 g/mol. The molecule has 0 atom stereocenters. The fourth-order valence-corrected chi connectivity index (χ4v) is 3.05. The minimum absolute atomic E-state index is 0.0392. The van der Waals surface area contributed by atoms with Gasteiger partial charge in [-0.1, -0.05) is 42.6 Å². The van der Waals surface area contributed by atoms with Gasteiger partial charge in [0.15, 0.2) is 5.69 Å². The first-order chi connectivity index (χ1) is 9.72. The third-order valence-corrected chi connectivity index (χ3v) is 4.20. The lowest BCUT2D eigenvalue weighted by Crippen LogP contribution is -2.09. The van der Waals surface area contributed by atoms with Crippen molar-refractivity contribution in [3.8, 4) is 11.8 Å². The molecule has 2 aromatic rings. The topological polar surface area (TPSA) is 67.6 Å². The lowest BCUT2D eigenvalue weighted by Gasteiger charge is -2.40. The molecule has 0 amide bonds. The van der Waals surface area contributed by atoms with Crippen molar-refractivity contribution >= 4 is 39.2 Å². The molecule has 0 aliphatic carbocycles. The van der Waals surface area contributed by atoms with Crippen LogP contribution in [-0.2, 0) is 0 Å². The Labute approximate surface area is 130 Å². The van der Waals surface area contributed by atoms with Crippen molar-refractivity contribution in [2.24, 2.45) is 0 Å². The molecule has 12 heteroatoms. The van der Waals surface area contributed by atoms with Crippen LogP contribution in [-0.4, -0.2) is 9.78 Å². The van der Waals surface area contributed by atoms with Crippen LogP contribution < -0.4 is 5.73 Å². The van der Waals surface area contributed by atoms with E-state index in [-0.39, 0.29) is 29.3 Å². The molecule has 0 unspecified atom stereocenters. The summed E-state index contributed by atoms with van der Waals surface area (Å²) in [4.78, 5) is -2.23. The maximum atomic E-state index is 12.8. The summed E-state index contributed by atoms with van der Waals surface area (Å²) in [6.07, 6.45) is 0. The zero-order chi connectivity index (χ0) is 17.0. The minimum Gasteiger partial charge on any atom is -0.384 e. The zero-order valence-corrected chi connectivity index (χ0v) is 12.5. The van der Waals surface area contributed by atoms with E-state index in [0.717, 1.165) is 10.7 Å². The lowest BCUT2D eigenvalue weighted by molar-refractivity contribution is 0.364. The number of rotatable bonds is 2. The molecule has 4 nitrogen and oxygen atoms in total. The molecule has 1 heterocycles. The highest BCUT2D eigenvalue weighted by Crippen LogP contribution is 3.02. The number of anilines is 1. The number of halogens is 7. The van der Waals surface area contributed by atoms with Gasteiger partial charge < -0.3 is 5.73 Å². The summed E-state index contributed by atoms with van der Waals surface area (Å²) in [5, 5.41) is 10.9. The summed E-state index contributed by atoms with van der Waals surface area (Å²) >= 11 is 11.3. The molecule has 2 rings (SSSR count). The van der Waals surface area contributed by atoms with E-state index in [9.17, 15) is 19.4 Å². The van der Waals surface area contributed by atoms with Crippen LogP contribution in [0.5, 0.6) is 0 Å². The van der Waals surface area contributed by atoms with Crippen molar-refractivity contribution in [2.45, 2.75) is 4.90 Å². The highest BCUT2D eigenvalue weighted by molar-refractivity contribution is 8.45. The van der Waals surface area contributed by atoms with E-state index in [4.69, 9.17) is 34.2 Å². The van der Waals surface area contributed by atoms with Crippen LogP contribution in [0.1, 0.15) is 5.69 Å². The minimum atomic E-state index is -9.93. The third-order valence-electron chi connectivity index (χ3n) is 2.50. The van der Waals surface area contributed by atoms with Gasteiger partial charge >= 0.3 is 10.2 Å². The summed E-state index contributed by atoms with van der Waals surface area (Å²) in [5.41, 5.74) is 5.04. The van der Waals surface area contributed by atoms with Crippen LogP contribution in [0.25, 0.3) is 5.69 Å². The van der Waals surface area contributed by atoms with Gasteiger partial charge in [-0.3, -0.25) is 0 Å². The van der Waals surface area contributed by atoms with Crippen molar-refractivity contribution in [2.75, 3.05) is 5.73 Å². The van der Waals surface area contributed by atoms with E-state index >= 15 is 0 Å². The quantitative estimate of drug-likeness (QED) is 0.721. The summed E-state index contributed by atoms with van der Waals surface area (Å²) in [6.45, 7) is 0. The second-order valence-electron chi connectivity index (χ2n) is 4.18. The molecular formula is C10H5Cl2F5N4S. The zero-order valence-electron chi connectivity index (χ0n) is 10.2. The molecule has 0 saturated heterocycles. The number of hydrogen-bond donors (Lipinski definition) is 1. The second kappa shape index (κ2) is 4.18. The van der Waals surface area contributed by atoms with Crippen LogP contribution in [0, 0.1) is 11.3 Å². The average molecular weight is 379 g/mol. The maximum Gasteiger partial charge on any atom is 0.310 e. The predicted octanol–water partition coefficient (Wildman–Crippen LogP) is 5.29. The largest absolute Gasteiger partial charge is 0.384 e. The smallest absolute Gasteiger partial charge is 0.310 e. The van der Waals surface area contributed by atoms with Crippen molar-refractivity contribution in [3.05, 3.63) is 33.9 Å². The van der Waals surface area contributed by atoms with Gasteiger partial charge in [0.2, 0.25) is 0 Å². The number of benzene rings is 1. The Morgan fingerprint density at radius 1 is 1.09 bits per heavy atom. The molecule has 2 N–H and O–H groups in total. The average Bonchev–Trinajstić information content (AvgIpc) is 2.67. The highest BCUT2D eigenvalue weighted by Gasteiger charge is 2.65. The predicted molar refractivity (Wildman–Crippen MR) is 74.1 cm³/mol. The molecule has 0 spiro atoms. The van der Waals surface area contributed by atoms with Crippen LogP contribution in [0.4, 0.5) is 25.2 Å².